The third-order valence-electron chi connectivity index (χ3n) is 5.34. The molecule has 1 aromatic rings. The molecule has 0 nitrogen and oxygen atoms in total. The van der Waals surface area contributed by atoms with Gasteiger partial charge in [-0.2, -0.15) is 0 Å². The Morgan fingerprint density at radius 3 is 2.37 bits per heavy atom. The molecule has 19 heavy (non-hydrogen) atoms. The Hall–Kier alpha value is -0.715. The lowest BCUT2D eigenvalue weighted by Gasteiger charge is -2.31. The number of aryl methyl sites for hydroxylation is 2. The van der Waals surface area contributed by atoms with Crippen LogP contribution in [0.2, 0.25) is 13.1 Å². The van der Waals surface area contributed by atoms with Crippen LogP contribution in [0, 0.1) is 11.3 Å². The number of hydrogen-bond acceptors (Lipinski definition) is 0. The smallest absolute Gasteiger partial charge is 0.0817 e. The lowest BCUT2D eigenvalue weighted by molar-refractivity contribution is 0.282. The van der Waals surface area contributed by atoms with E-state index >= 15 is 0 Å². The van der Waals surface area contributed by atoms with Gasteiger partial charge in [0, 0.05) is 0 Å². The van der Waals surface area contributed by atoms with Gasteiger partial charge in [0.25, 0.3) is 0 Å². The van der Waals surface area contributed by atoms with E-state index < -0.39 is 0 Å². The normalized spacial score (nSPS) is 15.5. The predicted molar refractivity (Wildman–Crippen MR) is 87.8 cm³/mol. The summed E-state index contributed by atoms with van der Waals surface area (Å²) in [5.74, 6) is 0.743. The second kappa shape index (κ2) is 5.73. The van der Waals surface area contributed by atoms with E-state index in [4.69, 9.17) is 0 Å². The van der Waals surface area contributed by atoms with E-state index in [9.17, 15) is 0 Å². The van der Waals surface area contributed by atoms with E-state index in [2.05, 4.69) is 52.7 Å². The van der Waals surface area contributed by atoms with E-state index in [0.717, 1.165) is 5.92 Å². The van der Waals surface area contributed by atoms with Crippen molar-refractivity contribution in [2.45, 2.75) is 66.5 Å². The van der Waals surface area contributed by atoms with Crippen molar-refractivity contribution in [2.24, 2.45) is 11.3 Å². The molecule has 0 radical (unpaired) electrons. The summed E-state index contributed by atoms with van der Waals surface area (Å²) in [5.41, 5.74) is 5.20. The minimum Gasteiger partial charge on any atom is -0.0817 e. The summed E-state index contributed by atoms with van der Waals surface area (Å²) in [6.45, 7) is 12.6. The maximum Gasteiger partial charge on any atom is 0.173 e. The molecule has 2 rings (SSSR count). The van der Waals surface area contributed by atoms with Crippen LogP contribution in [-0.2, 0) is 12.8 Å². The van der Waals surface area contributed by atoms with Crippen molar-refractivity contribution < 1.29 is 0 Å². The number of fused-ring (bicyclic) bond motifs is 1. The maximum absolute atomic E-state index is 2.50. The zero-order valence-electron chi connectivity index (χ0n) is 13.4. The van der Waals surface area contributed by atoms with Crippen molar-refractivity contribution >= 4 is 12.2 Å². The zero-order chi connectivity index (χ0) is 14.0. The molecular formula is C18H29B. The van der Waals surface area contributed by atoms with Crippen LogP contribution in [-0.4, -0.2) is 6.71 Å². The second-order valence-electron chi connectivity index (χ2n) is 7.48. The van der Waals surface area contributed by atoms with Gasteiger partial charge in [-0.05, 0) is 48.1 Å². The van der Waals surface area contributed by atoms with Gasteiger partial charge < -0.3 is 0 Å². The summed E-state index contributed by atoms with van der Waals surface area (Å²) >= 11 is 0. The van der Waals surface area contributed by atoms with Gasteiger partial charge in [-0.25, -0.2) is 0 Å². The van der Waals surface area contributed by atoms with Crippen molar-refractivity contribution in [3.63, 3.8) is 0 Å². The van der Waals surface area contributed by atoms with E-state index in [-0.39, 0.29) is 0 Å². The molecule has 0 amide bonds. The standard InChI is InChI=1S/C18H29B/c1-14(2)18(3,4)13-19(5)17-11-10-15-8-6-7-9-16(15)12-17/h10-12,14H,6-9,13H2,1-5H3. The van der Waals surface area contributed by atoms with E-state index in [1.54, 1.807) is 16.6 Å². The molecule has 1 aromatic carbocycles. The molecule has 104 valence electrons. The Morgan fingerprint density at radius 2 is 1.74 bits per heavy atom. The fourth-order valence-electron chi connectivity index (χ4n) is 3.20. The van der Waals surface area contributed by atoms with E-state index in [0.29, 0.717) is 12.1 Å². The third-order valence-corrected chi connectivity index (χ3v) is 5.34. The quantitative estimate of drug-likeness (QED) is 0.692. The molecule has 0 saturated heterocycles. The summed E-state index contributed by atoms with van der Waals surface area (Å²) in [4.78, 5) is 0. The molecule has 1 aliphatic rings. The Bertz CT molecular complexity index is 431. The molecule has 0 fully saturated rings. The summed E-state index contributed by atoms with van der Waals surface area (Å²) in [5, 5.41) is 0. The fourth-order valence-corrected chi connectivity index (χ4v) is 3.20. The highest BCUT2D eigenvalue weighted by Crippen LogP contribution is 2.32. The summed E-state index contributed by atoms with van der Waals surface area (Å²) in [6, 6.07) is 7.27. The molecule has 1 heteroatoms. The monoisotopic (exact) mass is 256 g/mol. The highest BCUT2D eigenvalue weighted by Gasteiger charge is 2.27. The summed E-state index contributed by atoms with van der Waals surface area (Å²) < 4.78 is 0. The minimum atomic E-state index is 0.426. The minimum absolute atomic E-state index is 0.426. The van der Waals surface area contributed by atoms with Gasteiger partial charge in [-0.15, -0.1) is 0 Å². The molecule has 0 heterocycles. The van der Waals surface area contributed by atoms with Crippen molar-refractivity contribution in [1.29, 1.82) is 0 Å². The largest absolute Gasteiger partial charge is 0.173 e. The first-order chi connectivity index (χ1) is 8.90. The highest BCUT2D eigenvalue weighted by molar-refractivity contribution is 6.72. The topological polar surface area (TPSA) is 0 Å². The fraction of sp³-hybridized carbons (Fsp3) is 0.667. The maximum atomic E-state index is 2.50. The lowest BCUT2D eigenvalue weighted by Crippen LogP contribution is -2.34. The predicted octanol–water partition coefficient (Wildman–Crippen LogP) is 4.58. The third kappa shape index (κ3) is 3.44. The van der Waals surface area contributed by atoms with Gasteiger partial charge in [-0.1, -0.05) is 64.5 Å². The van der Waals surface area contributed by atoms with E-state index in [1.165, 1.54) is 32.0 Å². The lowest BCUT2D eigenvalue weighted by atomic mass is 9.40. The zero-order valence-corrected chi connectivity index (χ0v) is 13.4. The Labute approximate surface area is 120 Å². The van der Waals surface area contributed by atoms with Gasteiger partial charge in [0.2, 0.25) is 0 Å². The summed E-state index contributed by atoms with van der Waals surface area (Å²) in [7, 11) is 0. The Balaban J connectivity index is 2.13. The van der Waals surface area contributed by atoms with Crippen molar-refractivity contribution in [1.82, 2.24) is 0 Å². The van der Waals surface area contributed by atoms with Crippen LogP contribution in [0.4, 0.5) is 0 Å². The molecule has 0 atom stereocenters. The SMILES string of the molecule is CB(CC(C)(C)C(C)C)c1ccc2c(c1)CCCC2. The van der Waals surface area contributed by atoms with Crippen LogP contribution in [0.15, 0.2) is 18.2 Å². The highest BCUT2D eigenvalue weighted by atomic mass is 14.2. The van der Waals surface area contributed by atoms with Gasteiger partial charge in [0.05, 0.1) is 0 Å². The van der Waals surface area contributed by atoms with Crippen LogP contribution in [0.25, 0.3) is 0 Å². The molecule has 0 bridgehead atoms. The second-order valence-corrected chi connectivity index (χ2v) is 7.48. The first-order valence-electron chi connectivity index (χ1n) is 8.02. The van der Waals surface area contributed by atoms with Crippen LogP contribution in [0.5, 0.6) is 0 Å². The van der Waals surface area contributed by atoms with Crippen molar-refractivity contribution in [2.75, 3.05) is 0 Å². The number of rotatable bonds is 4. The van der Waals surface area contributed by atoms with Gasteiger partial charge in [0.1, 0.15) is 0 Å². The van der Waals surface area contributed by atoms with Crippen LogP contribution >= 0.6 is 0 Å². The average Bonchev–Trinajstić information content (AvgIpc) is 2.37. The van der Waals surface area contributed by atoms with Gasteiger partial charge in [-0.3, -0.25) is 0 Å². The van der Waals surface area contributed by atoms with Gasteiger partial charge in [0.15, 0.2) is 6.71 Å². The molecule has 0 aliphatic heterocycles. The number of hydrogen-bond donors (Lipinski definition) is 0. The van der Waals surface area contributed by atoms with Crippen molar-refractivity contribution in [3.05, 3.63) is 29.3 Å². The summed E-state index contributed by atoms with van der Waals surface area (Å²) in [6.07, 6.45) is 6.62. The van der Waals surface area contributed by atoms with Crippen LogP contribution in [0.1, 0.15) is 51.7 Å². The molecule has 0 aromatic heterocycles. The molecule has 0 N–H and O–H groups in total. The Kier molecular flexibility index (Phi) is 4.43. The first kappa shape index (κ1) is 14.7. The molecule has 0 spiro atoms. The Morgan fingerprint density at radius 1 is 1.11 bits per heavy atom. The number of benzene rings is 1. The molecular weight excluding hydrogens is 227 g/mol. The van der Waals surface area contributed by atoms with Gasteiger partial charge >= 0.3 is 0 Å². The molecule has 0 saturated carbocycles. The molecule has 0 unspecified atom stereocenters. The van der Waals surface area contributed by atoms with Crippen LogP contribution < -0.4 is 5.46 Å². The molecule has 1 aliphatic carbocycles. The van der Waals surface area contributed by atoms with Crippen molar-refractivity contribution in [3.8, 4) is 0 Å². The first-order valence-corrected chi connectivity index (χ1v) is 8.02. The van der Waals surface area contributed by atoms with E-state index in [1.807, 2.05) is 0 Å². The van der Waals surface area contributed by atoms with Crippen LogP contribution in [0.3, 0.4) is 0 Å². The average molecular weight is 256 g/mol.